The fraction of sp³-hybridized carbons (Fsp3) is 0.769. The van der Waals surface area contributed by atoms with Crippen molar-refractivity contribution in [3.63, 3.8) is 0 Å². The zero-order valence-electron chi connectivity index (χ0n) is 24.0. The van der Waals surface area contributed by atoms with Crippen molar-refractivity contribution < 1.29 is 67.9 Å². The van der Waals surface area contributed by atoms with Crippen LogP contribution < -0.4 is 0 Å². The molecule has 4 N–H and O–H groups in total. The minimum Gasteiger partial charge on any atom is -0.478 e. The number of carboxylic acid groups (broad SMARTS) is 2. The van der Waals surface area contributed by atoms with Crippen LogP contribution in [-0.2, 0) is 47.5 Å². The van der Waals surface area contributed by atoms with E-state index in [1.54, 1.807) is 0 Å². The first-order valence-electron chi connectivity index (χ1n) is 12.8. The van der Waals surface area contributed by atoms with E-state index >= 15 is 0 Å². The average molecular weight is 587 g/mol. The van der Waals surface area contributed by atoms with Gasteiger partial charge in [-0.2, -0.15) is 0 Å². The Hall–Kier alpha value is -1.98. The number of hydrogen-bond donors (Lipinski definition) is 4. The topological polar surface area (TPSA) is 189 Å². The van der Waals surface area contributed by atoms with Crippen molar-refractivity contribution in [3.8, 4) is 0 Å². The minimum absolute atomic E-state index is 0.0294. The predicted octanol–water partition coefficient (Wildman–Crippen LogP) is 0.398. The molecule has 0 saturated heterocycles. The number of ether oxygens (including phenoxy) is 8. The van der Waals surface area contributed by atoms with Gasteiger partial charge >= 0.3 is 11.9 Å². The summed E-state index contributed by atoms with van der Waals surface area (Å²) in [5.41, 5.74) is 0.352. The molecule has 0 radical (unpaired) electrons. The van der Waals surface area contributed by atoms with Gasteiger partial charge in [0.1, 0.15) is 0 Å². The lowest BCUT2D eigenvalue weighted by Crippen LogP contribution is -2.15. The molecule has 0 atom stereocenters. The maximum absolute atomic E-state index is 9.60. The maximum Gasteiger partial charge on any atom is 0.330 e. The summed E-state index contributed by atoms with van der Waals surface area (Å²) in [4.78, 5) is 19.2. The first-order chi connectivity index (χ1) is 19.2. The Morgan fingerprint density at radius 3 is 0.650 bits per heavy atom. The molecular weight excluding hydrogens is 536 g/mol. The molecule has 0 saturated carbocycles. The van der Waals surface area contributed by atoms with Gasteiger partial charge in [-0.1, -0.05) is 13.2 Å². The van der Waals surface area contributed by atoms with Crippen LogP contribution in [0.2, 0.25) is 0 Å². The first-order valence-corrected chi connectivity index (χ1v) is 12.8. The highest BCUT2D eigenvalue weighted by Crippen LogP contribution is 1.86. The summed E-state index contributed by atoms with van der Waals surface area (Å²) in [5.74, 6) is -1.87. The van der Waals surface area contributed by atoms with Crippen LogP contribution in [0.15, 0.2) is 24.3 Å². The number of rotatable bonds is 27. The third-order valence-electron chi connectivity index (χ3n) is 3.81. The first kappa shape index (κ1) is 42.5. The van der Waals surface area contributed by atoms with Crippen LogP contribution in [0.1, 0.15) is 13.8 Å². The number of carboxylic acids is 2. The number of aliphatic carboxylic acids is 2. The summed E-state index contributed by atoms with van der Waals surface area (Å²) in [5, 5.41) is 32.8. The molecule has 0 aromatic carbocycles. The molecule has 0 amide bonds. The molecule has 0 spiro atoms. The van der Waals surface area contributed by atoms with Crippen molar-refractivity contribution in [3.05, 3.63) is 24.3 Å². The lowest BCUT2D eigenvalue weighted by Gasteiger charge is -2.08. The van der Waals surface area contributed by atoms with E-state index in [4.69, 9.17) is 58.3 Å². The summed E-state index contributed by atoms with van der Waals surface area (Å²) in [6, 6.07) is 0. The van der Waals surface area contributed by atoms with Gasteiger partial charge in [-0.05, 0) is 13.8 Å². The Bertz CT molecular complexity index is 512. The quantitative estimate of drug-likeness (QED) is 0.0764. The van der Waals surface area contributed by atoms with E-state index < -0.39 is 11.9 Å². The van der Waals surface area contributed by atoms with Gasteiger partial charge in [-0.3, -0.25) is 0 Å². The van der Waals surface area contributed by atoms with E-state index in [1.807, 2.05) is 0 Å². The molecule has 14 nitrogen and oxygen atoms in total. The van der Waals surface area contributed by atoms with Gasteiger partial charge in [0.15, 0.2) is 0 Å². The number of aliphatic hydroxyl groups is 2. The number of hydrogen-bond acceptors (Lipinski definition) is 12. The molecule has 40 heavy (non-hydrogen) atoms. The zero-order valence-corrected chi connectivity index (χ0v) is 24.0. The van der Waals surface area contributed by atoms with E-state index in [1.165, 1.54) is 13.8 Å². The van der Waals surface area contributed by atoms with Gasteiger partial charge in [0.2, 0.25) is 0 Å². The second-order valence-corrected chi connectivity index (χ2v) is 7.52. The van der Waals surface area contributed by atoms with Crippen molar-refractivity contribution in [2.75, 3.05) is 119 Å². The smallest absolute Gasteiger partial charge is 0.330 e. The summed E-state index contributed by atoms with van der Waals surface area (Å²) in [6.45, 7) is 17.0. The normalized spacial score (nSPS) is 10.2. The number of carbonyl (C=O) groups is 2. The highest BCUT2D eigenvalue weighted by molar-refractivity contribution is 5.85. The predicted molar refractivity (Wildman–Crippen MR) is 146 cm³/mol. The van der Waals surface area contributed by atoms with Crippen molar-refractivity contribution in [1.82, 2.24) is 0 Å². The lowest BCUT2D eigenvalue weighted by atomic mass is 10.4. The summed E-state index contributed by atoms with van der Waals surface area (Å²) in [7, 11) is 0. The number of aliphatic hydroxyl groups excluding tert-OH is 2. The van der Waals surface area contributed by atoms with Crippen LogP contribution in [-0.4, -0.2) is 151 Å². The van der Waals surface area contributed by atoms with E-state index in [2.05, 4.69) is 13.2 Å². The Morgan fingerprint density at radius 2 is 0.550 bits per heavy atom. The van der Waals surface area contributed by atoms with Crippen molar-refractivity contribution in [1.29, 1.82) is 0 Å². The molecular formula is C26H50O14. The van der Waals surface area contributed by atoms with Crippen LogP contribution in [0.5, 0.6) is 0 Å². The second kappa shape index (κ2) is 37.0. The van der Waals surface area contributed by atoms with Crippen LogP contribution in [0, 0.1) is 0 Å². The molecule has 0 aliphatic carbocycles. The third kappa shape index (κ3) is 45.9. The summed E-state index contributed by atoms with van der Waals surface area (Å²) < 4.78 is 42.2. The SMILES string of the molecule is C=C(C)C(=O)O.C=C(C)C(=O)O.OCCOCCOCCOCCOCCOCCOCCOCCOCCO. The van der Waals surface area contributed by atoms with Crippen molar-refractivity contribution in [2.24, 2.45) is 0 Å². The summed E-state index contributed by atoms with van der Waals surface area (Å²) in [6.07, 6.45) is 0. The molecule has 238 valence electrons. The van der Waals surface area contributed by atoms with Gasteiger partial charge in [0.25, 0.3) is 0 Å². The standard InChI is InChI=1S/C18H38O10.2C4H6O2/c19-1-3-21-5-7-23-9-11-25-13-15-27-17-18-28-16-14-26-12-10-24-8-6-22-4-2-20;2*1-3(2)4(5)6/h19-20H,1-18H2;2*1H2,2H3,(H,5,6). The van der Waals surface area contributed by atoms with E-state index in [0.29, 0.717) is 106 Å². The fourth-order valence-corrected chi connectivity index (χ4v) is 1.77. The molecule has 0 aromatic rings. The highest BCUT2D eigenvalue weighted by Gasteiger charge is 1.95. The van der Waals surface area contributed by atoms with Gasteiger partial charge in [0.05, 0.1) is 119 Å². The monoisotopic (exact) mass is 586 g/mol. The Labute approximate surface area is 237 Å². The van der Waals surface area contributed by atoms with Crippen molar-refractivity contribution in [2.45, 2.75) is 13.8 Å². The molecule has 0 fully saturated rings. The zero-order chi connectivity index (χ0) is 30.7. The van der Waals surface area contributed by atoms with E-state index in [-0.39, 0.29) is 24.4 Å². The molecule has 0 aliphatic heterocycles. The van der Waals surface area contributed by atoms with E-state index in [0.717, 1.165) is 0 Å². The Balaban J connectivity index is -0.000000941. The molecule has 0 rings (SSSR count). The molecule has 0 aromatic heterocycles. The van der Waals surface area contributed by atoms with Crippen LogP contribution in [0.3, 0.4) is 0 Å². The highest BCUT2D eigenvalue weighted by atomic mass is 16.6. The van der Waals surface area contributed by atoms with E-state index in [9.17, 15) is 9.59 Å². The van der Waals surface area contributed by atoms with Gasteiger partial charge in [0, 0.05) is 11.1 Å². The van der Waals surface area contributed by atoms with Crippen LogP contribution in [0.25, 0.3) is 0 Å². The second-order valence-electron chi connectivity index (χ2n) is 7.52. The minimum atomic E-state index is -0.935. The third-order valence-corrected chi connectivity index (χ3v) is 3.81. The largest absolute Gasteiger partial charge is 0.478 e. The molecule has 14 heteroatoms. The Morgan fingerprint density at radius 1 is 0.425 bits per heavy atom. The van der Waals surface area contributed by atoms with Crippen LogP contribution >= 0.6 is 0 Å². The van der Waals surface area contributed by atoms with Crippen molar-refractivity contribution >= 4 is 11.9 Å². The Kier molecular flexibility index (Phi) is 39.3. The molecule has 0 heterocycles. The molecule has 0 aliphatic rings. The lowest BCUT2D eigenvalue weighted by molar-refractivity contribution is -0.133. The fourth-order valence-electron chi connectivity index (χ4n) is 1.77. The van der Waals surface area contributed by atoms with Gasteiger partial charge in [-0.15, -0.1) is 0 Å². The van der Waals surface area contributed by atoms with Gasteiger partial charge in [-0.25, -0.2) is 9.59 Å². The maximum atomic E-state index is 9.60. The molecule has 0 bridgehead atoms. The average Bonchev–Trinajstić information content (AvgIpc) is 2.91. The summed E-state index contributed by atoms with van der Waals surface area (Å²) >= 11 is 0. The van der Waals surface area contributed by atoms with Crippen LogP contribution in [0.4, 0.5) is 0 Å². The van der Waals surface area contributed by atoms with Gasteiger partial charge < -0.3 is 58.3 Å². The molecule has 0 unspecified atom stereocenters.